The molecule has 0 unspecified atom stereocenters. The number of nitrogen functional groups attached to an aromatic ring is 1. The molecule has 0 saturated carbocycles. The summed E-state index contributed by atoms with van der Waals surface area (Å²) in [5.74, 6) is 0.415. The molecule has 0 saturated heterocycles. The van der Waals surface area contributed by atoms with Gasteiger partial charge in [-0.15, -0.1) is 11.8 Å². The minimum Gasteiger partial charge on any atom is -0.459 e. The number of nitrogens with two attached hydrogens (primary N) is 1. The van der Waals surface area contributed by atoms with Gasteiger partial charge in [0.15, 0.2) is 0 Å². The van der Waals surface area contributed by atoms with Crippen molar-refractivity contribution in [2.24, 2.45) is 0 Å². The minimum atomic E-state index is 0.305. The van der Waals surface area contributed by atoms with E-state index in [1.165, 1.54) is 11.8 Å². The number of ether oxygens (including phenoxy) is 1. The molecule has 0 aliphatic heterocycles. The highest BCUT2D eigenvalue weighted by Gasteiger charge is 2.03. The third kappa shape index (κ3) is 3.61. The average molecular weight is 326 g/mol. The van der Waals surface area contributed by atoms with E-state index >= 15 is 0 Å². The number of thioether (sulfide) groups is 1. The van der Waals surface area contributed by atoms with E-state index in [4.69, 9.17) is 10.5 Å². The second-order valence-electron chi connectivity index (χ2n) is 3.54. The largest absolute Gasteiger partial charge is 0.459 e. The number of rotatable bonds is 4. The lowest BCUT2D eigenvalue weighted by Gasteiger charge is -2.06. The zero-order chi connectivity index (χ0) is 13.0. The number of benzene rings is 1. The number of aromatic nitrogens is 2. The van der Waals surface area contributed by atoms with Crippen LogP contribution in [-0.2, 0) is 6.61 Å². The van der Waals surface area contributed by atoms with Gasteiger partial charge in [0.1, 0.15) is 17.5 Å². The first-order chi connectivity index (χ1) is 8.67. The van der Waals surface area contributed by atoms with Gasteiger partial charge in [-0.1, -0.05) is 28.1 Å². The first-order valence-corrected chi connectivity index (χ1v) is 7.25. The van der Waals surface area contributed by atoms with Crippen LogP contribution in [0.2, 0.25) is 0 Å². The smallest absolute Gasteiger partial charge is 0.319 e. The summed E-state index contributed by atoms with van der Waals surface area (Å²) in [6.07, 6.45) is 1.93. The molecule has 18 heavy (non-hydrogen) atoms. The Morgan fingerprint density at radius 1 is 1.33 bits per heavy atom. The molecule has 2 rings (SSSR count). The lowest BCUT2D eigenvalue weighted by atomic mass is 10.2. The quantitative estimate of drug-likeness (QED) is 0.691. The Balaban J connectivity index is 2.08. The van der Waals surface area contributed by atoms with Gasteiger partial charge >= 0.3 is 6.01 Å². The van der Waals surface area contributed by atoms with E-state index in [0.717, 1.165) is 15.1 Å². The molecule has 1 heterocycles. The predicted molar refractivity (Wildman–Crippen MR) is 76.7 cm³/mol. The summed E-state index contributed by atoms with van der Waals surface area (Å²) >= 11 is 4.92. The fourth-order valence-electron chi connectivity index (χ4n) is 1.36. The molecule has 0 radical (unpaired) electrons. The summed E-state index contributed by atoms with van der Waals surface area (Å²) in [6, 6.07) is 9.91. The molecule has 0 aliphatic carbocycles. The van der Waals surface area contributed by atoms with Crippen LogP contribution >= 0.6 is 27.7 Å². The minimum absolute atomic E-state index is 0.305. The maximum absolute atomic E-state index is 5.68. The van der Waals surface area contributed by atoms with E-state index in [-0.39, 0.29) is 0 Å². The predicted octanol–water partition coefficient (Wildman–Crippen LogP) is 3.12. The van der Waals surface area contributed by atoms with Crippen molar-refractivity contribution < 1.29 is 4.74 Å². The first kappa shape index (κ1) is 13.2. The Morgan fingerprint density at radius 2 is 2.17 bits per heavy atom. The standard InChI is InChI=1S/C12H12BrN3OS/c1-18-11-6-10(14)15-12(16-11)17-7-8-3-2-4-9(13)5-8/h2-6H,7H2,1H3,(H2,14,15,16). The number of hydrogen-bond donors (Lipinski definition) is 1. The molecule has 2 aromatic rings. The van der Waals surface area contributed by atoms with E-state index in [1.54, 1.807) is 6.07 Å². The lowest BCUT2D eigenvalue weighted by molar-refractivity contribution is 0.279. The maximum atomic E-state index is 5.68. The molecule has 0 atom stereocenters. The van der Waals surface area contributed by atoms with Gasteiger partial charge in [0, 0.05) is 10.5 Å². The van der Waals surface area contributed by atoms with E-state index < -0.39 is 0 Å². The molecule has 0 fully saturated rings. The van der Waals surface area contributed by atoms with Gasteiger partial charge in [0.05, 0.1) is 0 Å². The molecule has 1 aromatic carbocycles. The van der Waals surface area contributed by atoms with Gasteiger partial charge in [-0.2, -0.15) is 9.97 Å². The average Bonchev–Trinajstić information content (AvgIpc) is 2.36. The number of anilines is 1. The SMILES string of the molecule is CSc1cc(N)nc(OCc2cccc(Br)c2)n1. The Morgan fingerprint density at radius 3 is 2.89 bits per heavy atom. The van der Waals surface area contributed by atoms with Crippen molar-refractivity contribution in [3.05, 3.63) is 40.4 Å². The Labute approximate surface area is 118 Å². The zero-order valence-corrected chi connectivity index (χ0v) is 12.2. The lowest BCUT2D eigenvalue weighted by Crippen LogP contribution is -2.02. The summed E-state index contributed by atoms with van der Waals surface area (Å²) in [6.45, 7) is 0.413. The fraction of sp³-hybridized carbons (Fsp3) is 0.167. The highest BCUT2D eigenvalue weighted by atomic mass is 79.9. The van der Waals surface area contributed by atoms with E-state index in [2.05, 4.69) is 25.9 Å². The van der Waals surface area contributed by atoms with E-state index in [0.29, 0.717) is 18.4 Å². The third-order valence-corrected chi connectivity index (χ3v) is 3.29. The molecule has 1 aromatic heterocycles. The topological polar surface area (TPSA) is 61.0 Å². The Kier molecular flexibility index (Phi) is 4.43. The van der Waals surface area contributed by atoms with Crippen LogP contribution in [-0.4, -0.2) is 16.2 Å². The van der Waals surface area contributed by atoms with Crippen LogP contribution in [0.3, 0.4) is 0 Å². The molecular weight excluding hydrogens is 314 g/mol. The normalized spacial score (nSPS) is 10.3. The van der Waals surface area contributed by atoms with Crippen LogP contribution < -0.4 is 10.5 Å². The first-order valence-electron chi connectivity index (χ1n) is 5.23. The van der Waals surface area contributed by atoms with Gasteiger partial charge in [0.2, 0.25) is 0 Å². The zero-order valence-electron chi connectivity index (χ0n) is 9.76. The molecule has 0 aliphatic rings. The molecule has 2 N–H and O–H groups in total. The van der Waals surface area contributed by atoms with Crippen LogP contribution in [0.25, 0.3) is 0 Å². The van der Waals surface area contributed by atoms with Crippen LogP contribution in [0.15, 0.2) is 39.8 Å². The molecule has 0 amide bonds. The van der Waals surface area contributed by atoms with Crippen LogP contribution in [0.5, 0.6) is 6.01 Å². The van der Waals surface area contributed by atoms with E-state index in [9.17, 15) is 0 Å². The highest BCUT2D eigenvalue weighted by molar-refractivity contribution is 9.10. The van der Waals surface area contributed by atoms with Gasteiger partial charge < -0.3 is 10.5 Å². The van der Waals surface area contributed by atoms with Gasteiger partial charge in [-0.25, -0.2) is 0 Å². The molecule has 4 nitrogen and oxygen atoms in total. The Hall–Kier alpha value is -1.27. The summed E-state index contributed by atoms with van der Waals surface area (Å²) in [4.78, 5) is 8.27. The number of hydrogen-bond acceptors (Lipinski definition) is 5. The molecule has 0 bridgehead atoms. The van der Waals surface area contributed by atoms with Gasteiger partial charge in [-0.3, -0.25) is 0 Å². The Bertz CT molecular complexity index is 551. The van der Waals surface area contributed by atoms with Crippen LogP contribution in [0.1, 0.15) is 5.56 Å². The summed E-state index contributed by atoms with van der Waals surface area (Å²) < 4.78 is 6.55. The van der Waals surface area contributed by atoms with E-state index in [1.807, 2.05) is 30.5 Å². The van der Waals surface area contributed by atoms with Crippen molar-refractivity contribution in [1.29, 1.82) is 0 Å². The third-order valence-electron chi connectivity index (χ3n) is 2.17. The molecule has 0 spiro atoms. The van der Waals surface area contributed by atoms with Crippen LogP contribution in [0, 0.1) is 0 Å². The summed E-state index contributed by atoms with van der Waals surface area (Å²) in [5.41, 5.74) is 6.72. The van der Waals surface area contributed by atoms with Crippen molar-refractivity contribution in [1.82, 2.24) is 9.97 Å². The van der Waals surface area contributed by atoms with Gasteiger partial charge in [0.25, 0.3) is 0 Å². The summed E-state index contributed by atoms with van der Waals surface area (Å²) in [5, 5.41) is 0.798. The molecular formula is C12H12BrN3OS. The highest BCUT2D eigenvalue weighted by Crippen LogP contribution is 2.18. The van der Waals surface area contributed by atoms with Crippen molar-refractivity contribution in [2.45, 2.75) is 11.6 Å². The molecule has 6 heteroatoms. The monoisotopic (exact) mass is 325 g/mol. The number of nitrogens with zero attached hydrogens (tertiary/aromatic N) is 2. The maximum Gasteiger partial charge on any atom is 0.319 e. The second kappa shape index (κ2) is 6.06. The van der Waals surface area contributed by atoms with Crippen LogP contribution in [0.4, 0.5) is 5.82 Å². The second-order valence-corrected chi connectivity index (χ2v) is 5.28. The molecule has 94 valence electrons. The fourth-order valence-corrected chi connectivity index (χ4v) is 2.22. The van der Waals surface area contributed by atoms with Crippen molar-refractivity contribution in [3.63, 3.8) is 0 Å². The number of halogens is 1. The summed E-state index contributed by atoms with van der Waals surface area (Å²) in [7, 11) is 0. The van der Waals surface area contributed by atoms with Crippen molar-refractivity contribution >= 4 is 33.5 Å². The van der Waals surface area contributed by atoms with Crippen molar-refractivity contribution in [2.75, 3.05) is 12.0 Å². The van der Waals surface area contributed by atoms with Gasteiger partial charge in [-0.05, 0) is 24.0 Å². The van der Waals surface area contributed by atoms with Crippen molar-refractivity contribution in [3.8, 4) is 6.01 Å².